The van der Waals surface area contributed by atoms with Crippen LogP contribution < -0.4 is 5.32 Å². The molecule has 1 N–H and O–H groups in total. The summed E-state index contributed by atoms with van der Waals surface area (Å²) < 4.78 is 5.70. The molecule has 14 heavy (non-hydrogen) atoms. The molecule has 0 aromatic rings. The van der Waals surface area contributed by atoms with Crippen molar-refractivity contribution in [2.24, 2.45) is 0 Å². The maximum Gasteiger partial charge on any atom is 0.0829 e. The second-order valence-electron chi connectivity index (χ2n) is 4.16. The van der Waals surface area contributed by atoms with Gasteiger partial charge in [0.2, 0.25) is 0 Å². The average Bonchev–Trinajstić information content (AvgIpc) is 2.14. The predicted molar refractivity (Wildman–Crippen MR) is 58.7 cm³/mol. The van der Waals surface area contributed by atoms with Gasteiger partial charge in [0.15, 0.2) is 0 Å². The van der Waals surface area contributed by atoms with Crippen LogP contribution in [0.5, 0.6) is 0 Å². The van der Waals surface area contributed by atoms with E-state index in [9.17, 15) is 0 Å². The Bertz CT molecular complexity index is 152. The molecule has 1 unspecified atom stereocenters. The van der Waals surface area contributed by atoms with Crippen LogP contribution in [-0.4, -0.2) is 76.4 Å². The van der Waals surface area contributed by atoms with E-state index in [4.69, 9.17) is 4.74 Å². The van der Waals surface area contributed by atoms with Gasteiger partial charge in [-0.2, -0.15) is 0 Å². The molecular formula is C10H23N3O. The van der Waals surface area contributed by atoms with Gasteiger partial charge in [-0.25, -0.2) is 0 Å². The van der Waals surface area contributed by atoms with E-state index >= 15 is 0 Å². The summed E-state index contributed by atoms with van der Waals surface area (Å²) in [5.74, 6) is 0. The van der Waals surface area contributed by atoms with Crippen LogP contribution in [0.15, 0.2) is 0 Å². The fourth-order valence-electron chi connectivity index (χ4n) is 1.77. The highest BCUT2D eigenvalue weighted by Crippen LogP contribution is 2.05. The van der Waals surface area contributed by atoms with E-state index in [0.29, 0.717) is 6.10 Å². The van der Waals surface area contributed by atoms with E-state index in [0.717, 1.165) is 39.3 Å². The molecular weight excluding hydrogens is 178 g/mol. The molecule has 0 spiro atoms. The Morgan fingerprint density at radius 2 is 2.29 bits per heavy atom. The summed E-state index contributed by atoms with van der Waals surface area (Å²) in [6.07, 6.45) is 0.385. The molecule has 1 aliphatic heterocycles. The largest absolute Gasteiger partial charge is 0.374 e. The minimum absolute atomic E-state index is 0.385. The second kappa shape index (κ2) is 6.35. The summed E-state index contributed by atoms with van der Waals surface area (Å²) >= 11 is 0. The Morgan fingerprint density at radius 1 is 1.50 bits per heavy atom. The standard InChI is InChI=1S/C10H23N3O/c1-11-4-5-13-6-7-14-10(9-13)8-12(2)3/h10-11H,4-9H2,1-3H3. The van der Waals surface area contributed by atoms with E-state index in [2.05, 4.69) is 29.2 Å². The zero-order valence-corrected chi connectivity index (χ0v) is 9.62. The van der Waals surface area contributed by atoms with E-state index in [-0.39, 0.29) is 0 Å². The van der Waals surface area contributed by atoms with Crippen molar-refractivity contribution in [3.63, 3.8) is 0 Å². The molecule has 0 radical (unpaired) electrons. The van der Waals surface area contributed by atoms with Crippen LogP contribution in [0.3, 0.4) is 0 Å². The summed E-state index contributed by atoms with van der Waals surface area (Å²) in [5, 5.41) is 3.18. The van der Waals surface area contributed by atoms with Crippen LogP contribution in [0.1, 0.15) is 0 Å². The third kappa shape index (κ3) is 4.37. The zero-order valence-electron chi connectivity index (χ0n) is 9.62. The first-order valence-corrected chi connectivity index (χ1v) is 5.35. The SMILES string of the molecule is CNCCN1CCOC(CN(C)C)C1. The molecule has 0 bridgehead atoms. The molecule has 1 fully saturated rings. The lowest BCUT2D eigenvalue weighted by atomic mass is 10.2. The molecule has 4 heteroatoms. The highest BCUT2D eigenvalue weighted by molar-refractivity contribution is 4.73. The minimum atomic E-state index is 0.385. The molecule has 0 aliphatic carbocycles. The summed E-state index contributed by atoms with van der Waals surface area (Å²) in [7, 11) is 6.18. The molecule has 1 rings (SSSR count). The Kier molecular flexibility index (Phi) is 5.40. The fourth-order valence-corrected chi connectivity index (χ4v) is 1.77. The second-order valence-corrected chi connectivity index (χ2v) is 4.16. The third-order valence-corrected chi connectivity index (χ3v) is 2.47. The first-order valence-electron chi connectivity index (χ1n) is 5.35. The van der Waals surface area contributed by atoms with Crippen molar-refractivity contribution >= 4 is 0 Å². The summed E-state index contributed by atoms with van der Waals surface area (Å²) in [6.45, 7) is 6.24. The molecule has 0 aromatic carbocycles. The maximum atomic E-state index is 5.70. The Morgan fingerprint density at radius 3 is 2.93 bits per heavy atom. The minimum Gasteiger partial charge on any atom is -0.374 e. The van der Waals surface area contributed by atoms with E-state index in [1.165, 1.54) is 0 Å². The lowest BCUT2D eigenvalue weighted by Gasteiger charge is -2.34. The highest BCUT2D eigenvalue weighted by atomic mass is 16.5. The highest BCUT2D eigenvalue weighted by Gasteiger charge is 2.19. The van der Waals surface area contributed by atoms with Gasteiger partial charge in [-0.15, -0.1) is 0 Å². The molecule has 0 saturated carbocycles. The van der Waals surface area contributed by atoms with Crippen molar-refractivity contribution in [2.45, 2.75) is 6.10 Å². The number of hydrogen-bond donors (Lipinski definition) is 1. The fraction of sp³-hybridized carbons (Fsp3) is 1.00. The van der Waals surface area contributed by atoms with Crippen molar-refractivity contribution in [1.82, 2.24) is 15.1 Å². The van der Waals surface area contributed by atoms with Crippen molar-refractivity contribution in [1.29, 1.82) is 0 Å². The Balaban J connectivity index is 2.21. The van der Waals surface area contributed by atoms with Gasteiger partial charge >= 0.3 is 0 Å². The molecule has 1 aliphatic rings. The van der Waals surface area contributed by atoms with E-state index in [1.807, 2.05) is 7.05 Å². The van der Waals surface area contributed by atoms with Crippen LogP contribution in [0.25, 0.3) is 0 Å². The lowest BCUT2D eigenvalue weighted by Crippen LogP contribution is -2.47. The monoisotopic (exact) mass is 201 g/mol. The average molecular weight is 201 g/mol. The summed E-state index contributed by atoms with van der Waals surface area (Å²) in [5.41, 5.74) is 0. The van der Waals surface area contributed by atoms with Gasteiger partial charge in [-0.3, -0.25) is 4.90 Å². The van der Waals surface area contributed by atoms with E-state index in [1.54, 1.807) is 0 Å². The molecule has 84 valence electrons. The summed E-state index contributed by atoms with van der Waals surface area (Å²) in [6, 6.07) is 0. The molecule has 4 nitrogen and oxygen atoms in total. The zero-order chi connectivity index (χ0) is 10.4. The Labute approximate surface area is 87.2 Å². The normalized spacial score (nSPS) is 24.4. The Hall–Kier alpha value is -0.160. The number of likely N-dealkylation sites (N-methyl/N-ethyl adjacent to an activating group) is 2. The number of nitrogens with zero attached hydrogens (tertiary/aromatic N) is 2. The van der Waals surface area contributed by atoms with Gasteiger partial charge in [0, 0.05) is 32.7 Å². The van der Waals surface area contributed by atoms with Crippen LogP contribution in [0, 0.1) is 0 Å². The number of morpholine rings is 1. The number of rotatable bonds is 5. The maximum absolute atomic E-state index is 5.70. The van der Waals surface area contributed by atoms with Gasteiger partial charge in [-0.05, 0) is 21.1 Å². The van der Waals surface area contributed by atoms with Gasteiger partial charge in [0.1, 0.15) is 0 Å². The summed E-state index contributed by atoms with van der Waals surface area (Å²) in [4.78, 5) is 4.65. The van der Waals surface area contributed by atoms with Crippen LogP contribution >= 0.6 is 0 Å². The van der Waals surface area contributed by atoms with Crippen LogP contribution in [0.4, 0.5) is 0 Å². The number of nitrogens with one attached hydrogen (secondary N) is 1. The van der Waals surface area contributed by atoms with Gasteiger partial charge in [0.25, 0.3) is 0 Å². The first kappa shape index (κ1) is 11.9. The van der Waals surface area contributed by atoms with Crippen LogP contribution in [0.2, 0.25) is 0 Å². The number of hydrogen-bond acceptors (Lipinski definition) is 4. The number of ether oxygens (including phenoxy) is 1. The molecule has 0 amide bonds. The lowest BCUT2D eigenvalue weighted by molar-refractivity contribution is -0.0373. The van der Waals surface area contributed by atoms with Crippen LogP contribution in [-0.2, 0) is 4.74 Å². The molecule has 1 heterocycles. The smallest absolute Gasteiger partial charge is 0.0829 e. The molecule has 0 aromatic heterocycles. The van der Waals surface area contributed by atoms with Gasteiger partial charge < -0.3 is 15.0 Å². The van der Waals surface area contributed by atoms with Crippen molar-refractivity contribution in [3.05, 3.63) is 0 Å². The van der Waals surface area contributed by atoms with E-state index < -0.39 is 0 Å². The quantitative estimate of drug-likeness (QED) is 0.647. The molecule has 1 saturated heterocycles. The first-order chi connectivity index (χ1) is 6.72. The third-order valence-electron chi connectivity index (χ3n) is 2.47. The van der Waals surface area contributed by atoms with Gasteiger partial charge in [-0.1, -0.05) is 0 Å². The van der Waals surface area contributed by atoms with Crippen molar-refractivity contribution in [3.8, 4) is 0 Å². The van der Waals surface area contributed by atoms with Gasteiger partial charge in [0.05, 0.1) is 12.7 Å². The van der Waals surface area contributed by atoms with Crippen molar-refractivity contribution < 1.29 is 4.74 Å². The van der Waals surface area contributed by atoms with Crippen molar-refractivity contribution in [2.75, 3.05) is 60.5 Å². The topological polar surface area (TPSA) is 27.7 Å². The predicted octanol–water partition coefficient (Wildman–Crippen LogP) is -0.532. The molecule has 1 atom stereocenters.